The summed E-state index contributed by atoms with van der Waals surface area (Å²) in [6, 6.07) is 4.81. The smallest absolute Gasteiger partial charge is 0.383 e. The molecule has 0 spiro atoms. The number of aromatic hydroxyl groups is 1. The SMILES string of the molecule is CCCCCCCCCCOc1ccc2c(O)c(OC(C)=O)c(=O)oc2c1. The van der Waals surface area contributed by atoms with E-state index >= 15 is 0 Å². The van der Waals surface area contributed by atoms with Crippen molar-refractivity contribution >= 4 is 16.9 Å². The van der Waals surface area contributed by atoms with Crippen LogP contribution >= 0.6 is 0 Å². The maximum Gasteiger partial charge on any atom is 0.383 e. The zero-order valence-electron chi connectivity index (χ0n) is 16.1. The summed E-state index contributed by atoms with van der Waals surface area (Å²) in [5.41, 5.74) is -0.725. The molecule has 0 unspecified atom stereocenters. The van der Waals surface area contributed by atoms with Crippen LogP contribution in [0, 0.1) is 0 Å². The van der Waals surface area contributed by atoms with E-state index in [9.17, 15) is 14.7 Å². The van der Waals surface area contributed by atoms with E-state index < -0.39 is 23.1 Å². The van der Waals surface area contributed by atoms with E-state index in [2.05, 4.69) is 6.92 Å². The third-order valence-electron chi connectivity index (χ3n) is 4.32. The minimum Gasteiger partial charge on any atom is -0.504 e. The normalized spacial score (nSPS) is 10.9. The average Bonchev–Trinajstić information content (AvgIpc) is 2.63. The molecule has 0 fully saturated rings. The molecule has 1 aromatic carbocycles. The van der Waals surface area contributed by atoms with Gasteiger partial charge in [0.25, 0.3) is 5.75 Å². The van der Waals surface area contributed by atoms with Crippen LogP contribution in [0.2, 0.25) is 0 Å². The fraction of sp³-hybridized carbons (Fsp3) is 0.524. The zero-order chi connectivity index (χ0) is 19.6. The molecule has 0 amide bonds. The zero-order valence-corrected chi connectivity index (χ0v) is 16.1. The molecule has 0 aliphatic carbocycles. The molecule has 1 aromatic heterocycles. The Bertz CT molecular complexity index is 808. The molecular formula is C21H28O6. The molecule has 2 rings (SSSR count). The monoisotopic (exact) mass is 376 g/mol. The molecule has 148 valence electrons. The summed E-state index contributed by atoms with van der Waals surface area (Å²) in [6.45, 7) is 3.95. The van der Waals surface area contributed by atoms with Crippen LogP contribution in [-0.2, 0) is 4.79 Å². The second kappa shape index (κ2) is 10.6. The molecule has 1 heterocycles. The van der Waals surface area contributed by atoms with Crippen molar-refractivity contribution in [1.29, 1.82) is 0 Å². The quantitative estimate of drug-likeness (QED) is 0.339. The maximum atomic E-state index is 11.9. The lowest BCUT2D eigenvalue weighted by Crippen LogP contribution is -2.11. The van der Waals surface area contributed by atoms with Gasteiger partial charge in [0, 0.05) is 13.0 Å². The summed E-state index contributed by atoms with van der Waals surface area (Å²) in [6.07, 6.45) is 9.78. The average molecular weight is 376 g/mol. The summed E-state index contributed by atoms with van der Waals surface area (Å²) in [4.78, 5) is 22.9. The molecule has 0 bridgehead atoms. The number of ether oxygens (including phenoxy) is 2. The minimum absolute atomic E-state index is 0.182. The van der Waals surface area contributed by atoms with Crippen LogP contribution in [0.3, 0.4) is 0 Å². The fourth-order valence-electron chi connectivity index (χ4n) is 2.90. The Morgan fingerprint density at radius 1 is 1.07 bits per heavy atom. The number of rotatable bonds is 11. The van der Waals surface area contributed by atoms with Crippen LogP contribution in [0.1, 0.15) is 65.2 Å². The number of hydrogen-bond donors (Lipinski definition) is 1. The van der Waals surface area contributed by atoms with Crippen LogP contribution in [0.15, 0.2) is 27.4 Å². The molecule has 0 aliphatic rings. The Morgan fingerprint density at radius 3 is 2.41 bits per heavy atom. The minimum atomic E-state index is -0.907. The summed E-state index contributed by atoms with van der Waals surface area (Å²) < 4.78 is 15.6. The highest BCUT2D eigenvalue weighted by Gasteiger charge is 2.17. The Hall–Kier alpha value is -2.50. The number of carbonyl (C=O) groups excluding carboxylic acids is 1. The van der Waals surface area contributed by atoms with Crippen LogP contribution in [0.5, 0.6) is 17.2 Å². The third kappa shape index (κ3) is 6.31. The lowest BCUT2D eigenvalue weighted by atomic mass is 10.1. The first-order valence-electron chi connectivity index (χ1n) is 9.64. The summed E-state index contributed by atoms with van der Waals surface area (Å²) in [5.74, 6) is -1.05. The fourth-order valence-corrected chi connectivity index (χ4v) is 2.90. The Kier molecular flexibility index (Phi) is 8.17. The molecule has 0 aliphatic heterocycles. The second-order valence-electron chi connectivity index (χ2n) is 6.64. The van der Waals surface area contributed by atoms with Gasteiger partial charge in [-0.25, -0.2) is 4.79 Å². The van der Waals surface area contributed by atoms with Crippen LogP contribution < -0.4 is 15.1 Å². The molecule has 0 saturated carbocycles. The first-order valence-corrected chi connectivity index (χ1v) is 9.64. The van der Waals surface area contributed by atoms with Gasteiger partial charge in [0.05, 0.1) is 12.0 Å². The van der Waals surface area contributed by atoms with Gasteiger partial charge in [0.2, 0.25) is 0 Å². The summed E-state index contributed by atoms with van der Waals surface area (Å²) in [5, 5.41) is 10.4. The molecule has 2 aromatic rings. The molecule has 0 radical (unpaired) electrons. The van der Waals surface area contributed by atoms with Crippen molar-refractivity contribution in [2.45, 2.75) is 65.2 Å². The van der Waals surface area contributed by atoms with Crippen molar-refractivity contribution in [3.8, 4) is 17.2 Å². The van der Waals surface area contributed by atoms with E-state index in [1.54, 1.807) is 18.2 Å². The number of hydrogen-bond acceptors (Lipinski definition) is 6. The van der Waals surface area contributed by atoms with Crippen molar-refractivity contribution in [3.63, 3.8) is 0 Å². The first kappa shape index (κ1) is 20.8. The summed E-state index contributed by atoms with van der Waals surface area (Å²) >= 11 is 0. The van der Waals surface area contributed by atoms with Crippen LogP contribution in [-0.4, -0.2) is 17.7 Å². The predicted octanol–water partition coefficient (Wildman–Crippen LogP) is 4.94. The molecule has 0 atom stereocenters. The number of esters is 1. The lowest BCUT2D eigenvalue weighted by Gasteiger charge is -2.09. The third-order valence-corrected chi connectivity index (χ3v) is 4.32. The second-order valence-corrected chi connectivity index (χ2v) is 6.64. The Morgan fingerprint density at radius 2 is 1.74 bits per heavy atom. The van der Waals surface area contributed by atoms with E-state index in [1.165, 1.54) is 38.5 Å². The highest BCUT2D eigenvalue weighted by atomic mass is 16.6. The summed E-state index contributed by atoms with van der Waals surface area (Å²) in [7, 11) is 0. The molecule has 6 heteroatoms. The van der Waals surface area contributed by atoms with Gasteiger partial charge in [0.1, 0.15) is 11.3 Å². The van der Waals surface area contributed by atoms with Crippen molar-refractivity contribution in [3.05, 3.63) is 28.6 Å². The van der Waals surface area contributed by atoms with Crippen LogP contribution in [0.25, 0.3) is 11.0 Å². The van der Waals surface area contributed by atoms with Gasteiger partial charge in [-0.05, 0) is 18.6 Å². The number of benzene rings is 1. The molecule has 0 saturated heterocycles. The Balaban J connectivity index is 1.88. The molecule has 1 N–H and O–H groups in total. The van der Waals surface area contributed by atoms with Gasteiger partial charge in [-0.3, -0.25) is 4.79 Å². The number of carbonyl (C=O) groups is 1. The number of unbranched alkanes of at least 4 members (excludes halogenated alkanes) is 7. The van der Waals surface area contributed by atoms with Gasteiger partial charge in [-0.1, -0.05) is 51.9 Å². The first-order chi connectivity index (χ1) is 13.0. The van der Waals surface area contributed by atoms with E-state index in [0.717, 1.165) is 19.8 Å². The highest BCUT2D eigenvalue weighted by Crippen LogP contribution is 2.33. The van der Waals surface area contributed by atoms with Gasteiger partial charge < -0.3 is 19.0 Å². The van der Waals surface area contributed by atoms with E-state index in [4.69, 9.17) is 13.9 Å². The van der Waals surface area contributed by atoms with Gasteiger partial charge in [0.15, 0.2) is 5.75 Å². The molecular weight excluding hydrogens is 348 g/mol. The van der Waals surface area contributed by atoms with Gasteiger partial charge >= 0.3 is 11.6 Å². The topological polar surface area (TPSA) is 86.0 Å². The van der Waals surface area contributed by atoms with Crippen molar-refractivity contribution in [2.75, 3.05) is 6.61 Å². The molecule has 6 nitrogen and oxygen atoms in total. The van der Waals surface area contributed by atoms with E-state index in [0.29, 0.717) is 12.4 Å². The van der Waals surface area contributed by atoms with Gasteiger partial charge in [-0.15, -0.1) is 0 Å². The van der Waals surface area contributed by atoms with Crippen molar-refractivity contribution in [1.82, 2.24) is 0 Å². The van der Waals surface area contributed by atoms with Crippen molar-refractivity contribution < 1.29 is 23.8 Å². The van der Waals surface area contributed by atoms with Crippen molar-refractivity contribution in [2.24, 2.45) is 0 Å². The lowest BCUT2D eigenvalue weighted by molar-refractivity contribution is -0.132. The van der Waals surface area contributed by atoms with E-state index in [1.807, 2.05) is 0 Å². The van der Waals surface area contributed by atoms with Crippen LogP contribution in [0.4, 0.5) is 0 Å². The predicted molar refractivity (Wildman–Crippen MR) is 104 cm³/mol. The Labute approximate surface area is 159 Å². The standard InChI is InChI=1S/C21H28O6/c1-3-4-5-6-7-8-9-10-13-25-16-11-12-17-18(14-16)27-21(24)20(19(17)23)26-15(2)22/h11-12,14,23H,3-10,13H2,1-2H3. The van der Waals surface area contributed by atoms with E-state index in [-0.39, 0.29) is 11.0 Å². The van der Waals surface area contributed by atoms with Gasteiger partial charge in [-0.2, -0.15) is 0 Å². The maximum absolute atomic E-state index is 11.9. The largest absolute Gasteiger partial charge is 0.504 e. The number of fused-ring (bicyclic) bond motifs is 1. The molecule has 27 heavy (non-hydrogen) atoms. The highest BCUT2D eigenvalue weighted by molar-refractivity contribution is 5.87.